The van der Waals surface area contributed by atoms with Crippen LogP contribution in [0.4, 0.5) is 0 Å². The number of hydrogen-bond donors (Lipinski definition) is 1. The highest BCUT2D eigenvalue weighted by Crippen LogP contribution is 2.10. The molecule has 0 aliphatic rings. The smallest absolute Gasteiger partial charge is 0.200 e. The van der Waals surface area contributed by atoms with E-state index in [0.717, 1.165) is 36.1 Å². The number of nitrogens with zero attached hydrogens (tertiary/aromatic N) is 1. The van der Waals surface area contributed by atoms with E-state index >= 15 is 0 Å². The maximum absolute atomic E-state index is 12.0. The van der Waals surface area contributed by atoms with Crippen molar-refractivity contribution in [1.82, 2.24) is 4.83 Å². The van der Waals surface area contributed by atoms with Crippen molar-refractivity contribution >= 4 is 15.7 Å². The van der Waals surface area contributed by atoms with Gasteiger partial charge < -0.3 is 0 Å². The maximum atomic E-state index is 12.0. The SMILES string of the molecule is C=C(C)CCCC(C)=NNS(=O)(=O)c1ccc(C)cc1. The second-order valence-electron chi connectivity index (χ2n) is 5.07. The van der Waals surface area contributed by atoms with Crippen LogP contribution in [-0.2, 0) is 10.0 Å². The van der Waals surface area contributed by atoms with Crippen molar-refractivity contribution in [2.24, 2.45) is 5.10 Å². The lowest BCUT2D eigenvalue weighted by atomic mass is 10.1. The Bertz CT molecular complexity index is 587. The first kappa shape index (κ1) is 16.4. The topological polar surface area (TPSA) is 58.5 Å². The van der Waals surface area contributed by atoms with Crippen LogP contribution in [-0.4, -0.2) is 14.1 Å². The van der Waals surface area contributed by atoms with E-state index < -0.39 is 10.0 Å². The Hall–Kier alpha value is -1.62. The first-order chi connectivity index (χ1) is 9.31. The van der Waals surface area contributed by atoms with Crippen LogP contribution in [0.5, 0.6) is 0 Å². The normalized spacial score (nSPS) is 12.2. The zero-order valence-electron chi connectivity index (χ0n) is 12.3. The highest BCUT2D eigenvalue weighted by Gasteiger charge is 2.12. The fourth-order valence-corrected chi connectivity index (χ4v) is 2.49. The number of hydrazone groups is 1. The molecule has 0 aromatic heterocycles. The molecule has 0 radical (unpaired) electrons. The summed E-state index contributed by atoms with van der Waals surface area (Å²) in [7, 11) is -3.57. The Balaban J connectivity index is 2.62. The van der Waals surface area contributed by atoms with E-state index in [1.165, 1.54) is 0 Å². The second-order valence-corrected chi connectivity index (χ2v) is 6.73. The van der Waals surface area contributed by atoms with Gasteiger partial charge in [0.25, 0.3) is 10.0 Å². The zero-order valence-corrected chi connectivity index (χ0v) is 13.1. The second kappa shape index (κ2) is 7.24. The molecule has 1 aromatic rings. The summed E-state index contributed by atoms with van der Waals surface area (Å²) in [6.07, 6.45) is 2.61. The quantitative estimate of drug-likeness (QED) is 0.476. The van der Waals surface area contributed by atoms with Gasteiger partial charge >= 0.3 is 0 Å². The molecule has 0 saturated carbocycles. The average molecular weight is 294 g/mol. The molecule has 0 bridgehead atoms. The van der Waals surface area contributed by atoms with Gasteiger partial charge in [-0.1, -0.05) is 23.3 Å². The van der Waals surface area contributed by atoms with Crippen LogP contribution in [0.25, 0.3) is 0 Å². The molecule has 4 nitrogen and oxygen atoms in total. The zero-order chi connectivity index (χ0) is 15.2. The Morgan fingerprint density at radius 3 is 2.35 bits per heavy atom. The van der Waals surface area contributed by atoms with Gasteiger partial charge in [-0.05, 0) is 52.2 Å². The summed E-state index contributed by atoms with van der Waals surface area (Å²) in [5.41, 5.74) is 2.91. The number of hydrogen-bond acceptors (Lipinski definition) is 3. The van der Waals surface area contributed by atoms with E-state index in [1.807, 2.05) is 20.8 Å². The average Bonchev–Trinajstić information content (AvgIpc) is 2.36. The van der Waals surface area contributed by atoms with Crippen molar-refractivity contribution in [3.05, 3.63) is 42.0 Å². The van der Waals surface area contributed by atoms with Crippen molar-refractivity contribution in [3.63, 3.8) is 0 Å². The van der Waals surface area contributed by atoms with E-state index in [4.69, 9.17) is 0 Å². The molecule has 1 rings (SSSR count). The Morgan fingerprint density at radius 2 is 1.80 bits per heavy atom. The first-order valence-electron chi connectivity index (χ1n) is 6.57. The molecule has 0 fully saturated rings. The Kier molecular flexibility index (Phi) is 5.95. The van der Waals surface area contributed by atoms with Crippen LogP contribution in [0.1, 0.15) is 38.7 Å². The maximum Gasteiger partial charge on any atom is 0.276 e. The van der Waals surface area contributed by atoms with E-state index in [2.05, 4.69) is 16.5 Å². The summed E-state index contributed by atoms with van der Waals surface area (Å²) in [5.74, 6) is 0. The van der Waals surface area contributed by atoms with E-state index in [0.29, 0.717) is 0 Å². The molecule has 5 heteroatoms. The standard InChI is InChI=1S/C15H22N2O2S/c1-12(2)6-5-7-14(4)16-17-20(18,19)15-10-8-13(3)9-11-15/h8-11,17H,1,5-7H2,2-4H3. The molecule has 0 aliphatic carbocycles. The molecule has 110 valence electrons. The van der Waals surface area contributed by atoms with Crippen LogP contribution in [0.3, 0.4) is 0 Å². The van der Waals surface area contributed by atoms with E-state index in [1.54, 1.807) is 24.3 Å². The fourth-order valence-electron chi connectivity index (χ4n) is 1.61. The van der Waals surface area contributed by atoms with Gasteiger partial charge in [0.1, 0.15) is 0 Å². The molecule has 0 unspecified atom stereocenters. The van der Waals surface area contributed by atoms with Gasteiger partial charge in [0.15, 0.2) is 0 Å². The molecule has 0 spiro atoms. The Labute approximate surface area is 121 Å². The molecule has 1 N–H and O–H groups in total. The predicted molar refractivity (Wildman–Crippen MR) is 83.3 cm³/mol. The summed E-state index contributed by atoms with van der Waals surface area (Å²) in [6, 6.07) is 6.67. The first-order valence-corrected chi connectivity index (χ1v) is 8.05. The molecular formula is C15H22N2O2S. The van der Waals surface area contributed by atoms with Crippen LogP contribution in [0.2, 0.25) is 0 Å². The number of aryl methyl sites for hydroxylation is 1. The minimum Gasteiger partial charge on any atom is -0.200 e. The molecule has 0 amide bonds. The predicted octanol–water partition coefficient (Wildman–Crippen LogP) is 3.40. The summed E-state index contributed by atoms with van der Waals surface area (Å²) in [5, 5.41) is 3.94. The van der Waals surface area contributed by atoms with Gasteiger partial charge in [0, 0.05) is 5.71 Å². The van der Waals surface area contributed by atoms with Crippen molar-refractivity contribution in [1.29, 1.82) is 0 Å². The molecule has 20 heavy (non-hydrogen) atoms. The third kappa shape index (κ3) is 5.57. The molecule has 0 heterocycles. The van der Waals surface area contributed by atoms with Gasteiger partial charge in [-0.25, -0.2) is 4.83 Å². The third-order valence-electron chi connectivity index (χ3n) is 2.83. The van der Waals surface area contributed by atoms with Crippen molar-refractivity contribution < 1.29 is 8.42 Å². The largest absolute Gasteiger partial charge is 0.276 e. The highest BCUT2D eigenvalue weighted by atomic mass is 32.2. The number of nitrogens with one attached hydrogen (secondary N) is 1. The van der Waals surface area contributed by atoms with Crippen molar-refractivity contribution in [3.8, 4) is 0 Å². The fraction of sp³-hybridized carbons (Fsp3) is 0.400. The van der Waals surface area contributed by atoms with Crippen LogP contribution >= 0.6 is 0 Å². The minimum absolute atomic E-state index is 0.224. The number of allylic oxidation sites excluding steroid dienone is 1. The van der Waals surface area contributed by atoms with Gasteiger partial charge in [-0.15, -0.1) is 6.58 Å². The van der Waals surface area contributed by atoms with Crippen LogP contribution in [0.15, 0.2) is 46.4 Å². The van der Waals surface area contributed by atoms with Gasteiger partial charge in [-0.2, -0.15) is 13.5 Å². The molecule has 0 saturated heterocycles. The van der Waals surface area contributed by atoms with Crippen LogP contribution in [0, 0.1) is 6.92 Å². The summed E-state index contributed by atoms with van der Waals surface area (Å²) < 4.78 is 24.0. The lowest BCUT2D eigenvalue weighted by Gasteiger charge is -2.05. The Morgan fingerprint density at radius 1 is 1.20 bits per heavy atom. The summed E-state index contributed by atoms with van der Waals surface area (Å²) in [4.78, 5) is 2.49. The lowest BCUT2D eigenvalue weighted by Crippen LogP contribution is -2.19. The van der Waals surface area contributed by atoms with E-state index in [-0.39, 0.29) is 4.90 Å². The summed E-state index contributed by atoms with van der Waals surface area (Å²) in [6.45, 7) is 9.54. The minimum atomic E-state index is -3.57. The van der Waals surface area contributed by atoms with Gasteiger partial charge in [-0.3, -0.25) is 0 Å². The number of sulfonamides is 1. The monoisotopic (exact) mass is 294 g/mol. The number of rotatable bonds is 7. The van der Waals surface area contributed by atoms with Crippen LogP contribution < -0.4 is 4.83 Å². The molecule has 0 aliphatic heterocycles. The highest BCUT2D eigenvalue weighted by molar-refractivity contribution is 7.89. The van der Waals surface area contributed by atoms with Crippen molar-refractivity contribution in [2.75, 3.05) is 0 Å². The molecule has 0 atom stereocenters. The van der Waals surface area contributed by atoms with E-state index in [9.17, 15) is 8.42 Å². The summed E-state index contributed by atoms with van der Waals surface area (Å²) >= 11 is 0. The molecular weight excluding hydrogens is 272 g/mol. The van der Waals surface area contributed by atoms with Gasteiger partial charge in [0.05, 0.1) is 4.90 Å². The molecule has 1 aromatic carbocycles. The third-order valence-corrected chi connectivity index (χ3v) is 4.05. The lowest BCUT2D eigenvalue weighted by molar-refractivity contribution is 0.584. The van der Waals surface area contributed by atoms with Crippen molar-refractivity contribution in [2.45, 2.75) is 44.9 Å². The number of benzene rings is 1. The van der Waals surface area contributed by atoms with Gasteiger partial charge in [0.2, 0.25) is 0 Å².